The molecule has 0 bridgehead atoms. The van der Waals surface area contributed by atoms with Gasteiger partial charge in [-0.15, -0.1) is 0 Å². The first-order chi connectivity index (χ1) is 8.70. The molecule has 0 saturated heterocycles. The molecule has 0 aliphatic carbocycles. The third-order valence-electron chi connectivity index (χ3n) is 3.60. The van der Waals surface area contributed by atoms with Gasteiger partial charge < -0.3 is 9.67 Å². The van der Waals surface area contributed by atoms with Gasteiger partial charge in [-0.25, -0.2) is 4.98 Å². The van der Waals surface area contributed by atoms with Crippen molar-refractivity contribution in [3.63, 3.8) is 0 Å². The first-order valence-corrected chi connectivity index (χ1v) is 6.53. The summed E-state index contributed by atoms with van der Waals surface area (Å²) in [5.41, 5.74) is 2.21. The molecule has 3 nitrogen and oxygen atoms in total. The van der Waals surface area contributed by atoms with Crippen molar-refractivity contribution in [2.75, 3.05) is 0 Å². The number of fused-ring (bicyclic) bond motifs is 1. The number of rotatable bonds is 2. The number of aromatic nitrogens is 2. The van der Waals surface area contributed by atoms with Crippen LogP contribution in [-0.2, 0) is 19.4 Å². The summed E-state index contributed by atoms with van der Waals surface area (Å²) >= 11 is 0. The highest BCUT2D eigenvalue weighted by Gasteiger charge is 2.17. The van der Waals surface area contributed by atoms with Crippen molar-refractivity contribution in [3.8, 4) is 5.75 Å². The number of aryl methyl sites for hydroxylation is 1. The van der Waals surface area contributed by atoms with Crippen LogP contribution in [0.2, 0.25) is 0 Å². The van der Waals surface area contributed by atoms with Gasteiger partial charge in [0.25, 0.3) is 0 Å². The maximum absolute atomic E-state index is 9.46. The van der Waals surface area contributed by atoms with Crippen molar-refractivity contribution in [1.29, 1.82) is 0 Å². The maximum atomic E-state index is 9.46. The summed E-state index contributed by atoms with van der Waals surface area (Å²) in [6.45, 7) is 3.37. The van der Waals surface area contributed by atoms with Crippen LogP contribution in [0.1, 0.15) is 30.4 Å². The molecule has 1 unspecified atom stereocenters. The van der Waals surface area contributed by atoms with E-state index in [2.05, 4.69) is 17.7 Å². The monoisotopic (exact) mass is 242 g/mol. The Hall–Kier alpha value is -1.77. The lowest BCUT2D eigenvalue weighted by Gasteiger charge is -2.18. The molecule has 94 valence electrons. The average Bonchev–Trinajstić information content (AvgIpc) is 2.70. The minimum Gasteiger partial charge on any atom is -0.508 e. The van der Waals surface area contributed by atoms with E-state index in [1.807, 2.05) is 12.1 Å². The van der Waals surface area contributed by atoms with Gasteiger partial charge in [0.1, 0.15) is 11.6 Å². The molecule has 2 heterocycles. The molecule has 1 aliphatic rings. The van der Waals surface area contributed by atoms with Crippen LogP contribution in [0.25, 0.3) is 0 Å². The van der Waals surface area contributed by atoms with Gasteiger partial charge in [-0.05, 0) is 30.0 Å². The third kappa shape index (κ3) is 2.26. The van der Waals surface area contributed by atoms with E-state index in [1.54, 1.807) is 12.1 Å². The van der Waals surface area contributed by atoms with Crippen LogP contribution in [-0.4, -0.2) is 14.7 Å². The van der Waals surface area contributed by atoms with Crippen LogP contribution in [0.15, 0.2) is 30.5 Å². The van der Waals surface area contributed by atoms with E-state index in [-0.39, 0.29) is 0 Å². The van der Waals surface area contributed by atoms with Gasteiger partial charge in [-0.1, -0.05) is 19.1 Å². The van der Waals surface area contributed by atoms with E-state index in [9.17, 15) is 5.11 Å². The molecule has 18 heavy (non-hydrogen) atoms. The minimum atomic E-state index is 0.324. The molecule has 1 atom stereocenters. The smallest absolute Gasteiger partial charge is 0.115 e. The van der Waals surface area contributed by atoms with Gasteiger partial charge in [-0.2, -0.15) is 0 Å². The summed E-state index contributed by atoms with van der Waals surface area (Å²) in [6.07, 6.45) is 5.28. The van der Waals surface area contributed by atoms with Gasteiger partial charge in [0.2, 0.25) is 0 Å². The zero-order chi connectivity index (χ0) is 12.5. The SMILES string of the molecule is CC1CCn2cc(Cc3cccc(O)c3)nc2C1. The number of benzene rings is 1. The van der Waals surface area contributed by atoms with Crippen molar-refractivity contribution in [1.82, 2.24) is 9.55 Å². The summed E-state index contributed by atoms with van der Waals surface area (Å²) in [5.74, 6) is 2.28. The Kier molecular flexibility index (Phi) is 2.82. The fourth-order valence-electron chi connectivity index (χ4n) is 2.60. The van der Waals surface area contributed by atoms with Crippen molar-refractivity contribution in [3.05, 3.63) is 47.5 Å². The van der Waals surface area contributed by atoms with Crippen LogP contribution in [0.4, 0.5) is 0 Å². The number of hydrogen-bond donors (Lipinski definition) is 1. The molecular weight excluding hydrogens is 224 g/mol. The van der Waals surface area contributed by atoms with Crippen LogP contribution >= 0.6 is 0 Å². The maximum Gasteiger partial charge on any atom is 0.115 e. The lowest BCUT2D eigenvalue weighted by Crippen LogP contribution is -2.16. The van der Waals surface area contributed by atoms with Gasteiger partial charge in [0, 0.05) is 25.6 Å². The summed E-state index contributed by atoms with van der Waals surface area (Å²) in [5, 5.41) is 9.46. The molecule has 0 fully saturated rings. The second-order valence-electron chi connectivity index (χ2n) is 5.29. The molecular formula is C15H18N2O. The minimum absolute atomic E-state index is 0.324. The molecule has 0 radical (unpaired) electrons. The Labute approximate surface area is 107 Å². The molecule has 0 amide bonds. The van der Waals surface area contributed by atoms with Gasteiger partial charge in [0.05, 0.1) is 5.69 Å². The first-order valence-electron chi connectivity index (χ1n) is 6.53. The highest BCUT2D eigenvalue weighted by Crippen LogP contribution is 2.21. The number of phenols is 1. The highest BCUT2D eigenvalue weighted by molar-refractivity contribution is 5.30. The van der Waals surface area contributed by atoms with Crippen LogP contribution in [0.5, 0.6) is 5.75 Å². The Morgan fingerprint density at radius 3 is 3.17 bits per heavy atom. The molecule has 3 rings (SSSR count). The summed E-state index contributed by atoms with van der Waals surface area (Å²) in [7, 11) is 0. The number of hydrogen-bond acceptors (Lipinski definition) is 2. The molecule has 1 N–H and O–H groups in total. The van der Waals surface area contributed by atoms with E-state index in [0.717, 1.165) is 36.6 Å². The second-order valence-corrected chi connectivity index (χ2v) is 5.29. The van der Waals surface area contributed by atoms with Gasteiger partial charge in [-0.3, -0.25) is 0 Å². The molecule has 1 aromatic carbocycles. The van der Waals surface area contributed by atoms with E-state index in [4.69, 9.17) is 4.98 Å². The Balaban J connectivity index is 1.82. The average molecular weight is 242 g/mol. The number of phenolic OH excluding ortho intramolecular Hbond substituents is 1. The van der Waals surface area contributed by atoms with E-state index in [1.165, 1.54) is 12.2 Å². The lowest BCUT2D eigenvalue weighted by molar-refractivity contribution is 0.409. The zero-order valence-corrected chi connectivity index (χ0v) is 10.6. The van der Waals surface area contributed by atoms with Crippen LogP contribution in [0, 0.1) is 5.92 Å². The standard InChI is InChI=1S/C15H18N2O/c1-11-5-6-17-10-13(16-15(17)7-11)8-12-3-2-4-14(18)9-12/h2-4,9-11,18H,5-8H2,1H3. The number of aromatic hydroxyl groups is 1. The van der Waals surface area contributed by atoms with E-state index in [0.29, 0.717) is 5.75 Å². The van der Waals surface area contributed by atoms with Crippen molar-refractivity contribution in [2.24, 2.45) is 5.92 Å². The van der Waals surface area contributed by atoms with Crippen LogP contribution < -0.4 is 0 Å². The normalized spacial score (nSPS) is 18.6. The van der Waals surface area contributed by atoms with Crippen molar-refractivity contribution >= 4 is 0 Å². The quantitative estimate of drug-likeness (QED) is 0.879. The van der Waals surface area contributed by atoms with Gasteiger partial charge >= 0.3 is 0 Å². The summed E-state index contributed by atoms with van der Waals surface area (Å²) in [6, 6.07) is 7.41. The Morgan fingerprint density at radius 2 is 2.33 bits per heavy atom. The van der Waals surface area contributed by atoms with E-state index < -0.39 is 0 Å². The zero-order valence-electron chi connectivity index (χ0n) is 10.6. The van der Waals surface area contributed by atoms with Crippen molar-refractivity contribution < 1.29 is 5.11 Å². The molecule has 0 saturated carbocycles. The third-order valence-corrected chi connectivity index (χ3v) is 3.60. The van der Waals surface area contributed by atoms with Crippen LogP contribution in [0.3, 0.4) is 0 Å². The second kappa shape index (κ2) is 4.48. The summed E-state index contributed by atoms with van der Waals surface area (Å²) in [4.78, 5) is 4.71. The first kappa shape index (κ1) is 11.3. The van der Waals surface area contributed by atoms with Gasteiger partial charge in [0.15, 0.2) is 0 Å². The molecule has 2 aromatic rings. The predicted octanol–water partition coefficient (Wildman–Crippen LogP) is 2.76. The fourth-order valence-corrected chi connectivity index (χ4v) is 2.60. The summed E-state index contributed by atoms with van der Waals surface area (Å²) < 4.78 is 2.28. The number of nitrogens with zero attached hydrogens (tertiary/aromatic N) is 2. The fraction of sp³-hybridized carbons (Fsp3) is 0.400. The predicted molar refractivity (Wildman–Crippen MR) is 70.6 cm³/mol. The highest BCUT2D eigenvalue weighted by atomic mass is 16.3. The Bertz CT molecular complexity index is 559. The topological polar surface area (TPSA) is 38.0 Å². The largest absolute Gasteiger partial charge is 0.508 e. The number of imidazole rings is 1. The Morgan fingerprint density at radius 1 is 1.44 bits per heavy atom. The molecule has 3 heteroatoms. The van der Waals surface area contributed by atoms with Crippen molar-refractivity contribution in [2.45, 2.75) is 32.7 Å². The van der Waals surface area contributed by atoms with E-state index >= 15 is 0 Å². The lowest BCUT2D eigenvalue weighted by atomic mass is 10.0. The molecule has 1 aromatic heterocycles. The molecule has 1 aliphatic heterocycles. The molecule has 0 spiro atoms.